The van der Waals surface area contributed by atoms with Crippen molar-refractivity contribution in [1.29, 1.82) is 0 Å². The zero-order valence-corrected chi connectivity index (χ0v) is 12.2. The third-order valence-electron chi connectivity index (χ3n) is 3.86. The van der Waals surface area contributed by atoms with E-state index in [1.165, 1.54) is 18.9 Å². The predicted octanol–water partition coefficient (Wildman–Crippen LogP) is 2.74. The van der Waals surface area contributed by atoms with E-state index in [9.17, 15) is 9.50 Å². The van der Waals surface area contributed by atoms with Crippen molar-refractivity contribution < 1.29 is 9.50 Å². The minimum Gasteiger partial charge on any atom is -0.508 e. The van der Waals surface area contributed by atoms with Gasteiger partial charge in [-0.15, -0.1) is 0 Å². The lowest BCUT2D eigenvalue weighted by atomic mass is 9.97. The van der Waals surface area contributed by atoms with Gasteiger partial charge in [-0.25, -0.2) is 4.39 Å². The van der Waals surface area contributed by atoms with Gasteiger partial charge >= 0.3 is 0 Å². The van der Waals surface area contributed by atoms with Crippen LogP contribution in [0.1, 0.15) is 31.7 Å². The third-order valence-corrected chi connectivity index (χ3v) is 3.86. The molecule has 1 saturated heterocycles. The highest BCUT2D eigenvalue weighted by Gasteiger charge is 2.17. The standard InChI is InChI=1S/C16H25FN2O/c1-2-7-19(11-13-3-5-18-6-4-13)12-14-8-15(17)10-16(20)9-14/h8-10,13,18,20H,2-7,11-12H2,1H3. The number of nitrogens with zero attached hydrogens (tertiary/aromatic N) is 1. The van der Waals surface area contributed by atoms with Gasteiger partial charge in [-0.05, 0) is 62.5 Å². The fourth-order valence-electron chi connectivity index (χ4n) is 2.96. The van der Waals surface area contributed by atoms with E-state index >= 15 is 0 Å². The van der Waals surface area contributed by atoms with E-state index in [0.29, 0.717) is 6.54 Å². The molecule has 0 saturated carbocycles. The first-order chi connectivity index (χ1) is 9.67. The highest BCUT2D eigenvalue weighted by molar-refractivity contribution is 5.28. The van der Waals surface area contributed by atoms with Crippen LogP contribution in [0.5, 0.6) is 5.75 Å². The molecule has 0 aliphatic carbocycles. The molecular weight excluding hydrogens is 255 g/mol. The van der Waals surface area contributed by atoms with Crippen molar-refractivity contribution in [3.8, 4) is 5.75 Å². The zero-order valence-electron chi connectivity index (χ0n) is 12.2. The molecular formula is C16H25FN2O. The first-order valence-corrected chi connectivity index (χ1v) is 7.59. The molecule has 1 aliphatic heterocycles. The molecule has 0 aromatic heterocycles. The van der Waals surface area contributed by atoms with Crippen LogP contribution in [0.4, 0.5) is 4.39 Å². The third kappa shape index (κ3) is 4.76. The summed E-state index contributed by atoms with van der Waals surface area (Å²) in [4.78, 5) is 2.38. The lowest BCUT2D eigenvalue weighted by Crippen LogP contribution is -2.36. The second-order valence-corrected chi connectivity index (χ2v) is 5.75. The Morgan fingerprint density at radius 2 is 2.05 bits per heavy atom. The summed E-state index contributed by atoms with van der Waals surface area (Å²) in [7, 11) is 0. The van der Waals surface area contributed by atoms with E-state index < -0.39 is 0 Å². The van der Waals surface area contributed by atoms with Crippen LogP contribution in [0.25, 0.3) is 0 Å². The van der Waals surface area contributed by atoms with Crippen molar-refractivity contribution in [2.45, 2.75) is 32.7 Å². The van der Waals surface area contributed by atoms with Crippen molar-refractivity contribution in [1.82, 2.24) is 10.2 Å². The highest BCUT2D eigenvalue weighted by atomic mass is 19.1. The highest BCUT2D eigenvalue weighted by Crippen LogP contribution is 2.19. The largest absolute Gasteiger partial charge is 0.508 e. The van der Waals surface area contributed by atoms with E-state index in [-0.39, 0.29) is 11.6 Å². The molecule has 1 aromatic carbocycles. The Morgan fingerprint density at radius 1 is 1.30 bits per heavy atom. The summed E-state index contributed by atoms with van der Waals surface area (Å²) < 4.78 is 13.3. The van der Waals surface area contributed by atoms with E-state index in [2.05, 4.69) is 17.1 Å². The monoisotopic (exact) mass is 280 g/mol. The number of phenolic OH excluding ortho intramolecular Hbond substituents is 1. The summed E-state index contributed by atoms with van der Waals surface area (Å²) in [5.41, 5.74) is 0.852. The average molecular weight is 280 g/mol. The van der Waals surface area contributed by atoms with Crippen molar-refractivity contribution in [3.63, 3.8) is 0 Å². The van der Waals surface area contributed by atoms with Gasteiger partial charge in [0, 0.05) is 19.2 Å². The van der Waals surface area contributed by atoms with Crippen LogP contribution in [0.15, 0.2) is 18.2 Å². The first kappa shape index (κ1) is 15.3. The van der Waals surface area contributed by atoms with Crippen molar-refractivity contribution >= 4 is 0 Å². The van der Waals surface area contributed by atoms with Crippen LogP contribution in [-0.2, 0) is 6.54 Å². The van der Waals surface area contributed by atoms with Gasteiger partial charge in [0.25, 0.3) is 0 Å². The van der Waals surface area contributed by atoms with Crippen LogP contribution < -0.4 is 5.32 Å². The molecule has 0 radical (unpaired) electrons. The Kier molecular flexibility index (Phi) is 5.80. The van der Waals surface area contributed by atoms with E-state index in [1.54, 1.807) is 6.07 Å². The second kappa shape index (κ2) is 7.60. The number of halogens is 1. The molecule has 4 heteroatoms. The number of nitrogens with one attached hydrogen (secondary N) is 1. The summed E-state index contributed by atoms with van der Waals surface area (Å²) in [5, 5.41) is 12.9. The van der Waals surface area contributed by atoms with Gasteiger partial charge in [0.2, 0.25) is 0 Å². The summed E-state index contributed by atoms with van der Waals surface area (Å²) in [5.74, 6) is 0.376. The average Bonchev–Trinajstić information content (AvgIpc) is 2.39. The molecule has 0 unspecified atom stereocenters. The summed E-state index contributed by atoms with van der Waals surface area (Å²) in [6.45, 7) is 7.16. The molecule has 0 atom stereocenters. The normalized spacial score (nSPS) is 16.8. The second-order valence-electron chi connectivity index (χ2n) is 5.75. The number of hydrogen-bond donors (Lipinski definition) is 2. The maximum Gasteiger partial charge on any atom is 0.127 e. The lowest BCUT2D eigenvalue weighted by Gasteiger charge is -2.30. The van der Waals surface area contributed by atoms with Crippen LogP contribution >= 0.6 is 0 Å². The maximum atomic E-state index is 13.3. The van der Waals surface area contributed by atoms with E-state index in [1.807, 2.05) is 0 Å². The van der Waals surface area contributed by atoms with Crippen molar-refractivity contribution in [2.75, 3.05) is 26.2 Å². The van der Waals surface area contributed by atoms with Gasteiger partial charge in [-0.2, -0.15) is 0 Å². The Balaban J connectivity index is 1.96. The summed E-state index contributed by atoms with van der Waals surface area (Å²) >= 11 is 0. The maximum absolute atomic E-state index is 13.3. The molecule has 1 fully saturated rings. The Morgan fingerprint density at radius 3 is 2.70 bits per heavy atom. The van der Waals surface area contributed by atoms with E-state index in [4.69, 9.17) is 0 Å². The molecule has 1 aromatic rings. The molecule has 0 spiro atoms. The fraction of sp³-hybridized carbons (Fsp3) is 0.625. The van der Waals surface area contributed by atoms with Crippen LogP contribution in [0.3, 0.4) is 0 Å². The topological polar surface area (TPSA) is 35.5 Å². The molecule has 2 rings (SSSR count). The van der Waals surface area contributed by atoms with Gasteiger partial charge < -0.3 is 10.4 Å². The van der Waals surface area contributed by atoms with Crippen molar-refractivity contribution in [2.24, 2.45) is 5.92 Å². The summed E-state index contributed by atoms with van der Waals surface area (Å²) in [6.07, 6.45) is 3.52. The molecule has 3 nitrogen and oxygen atoms in total. The van der Waals surface area contributed by atoms with Gasteiger partial charge in [0.1, 0.15) is 11.6 Å². The zero-order chi connectivity index (χ0) is 14.4. The number of phenols is 1. The number of aromatic hydroxyl groups is 1. The smallest absolute Gasteiger partial charge is 0.127 e. The number of piperidine rings is 1. The molecule has 2 N–H and O–H groups in total. The quantitative estimate of drug-likeness (QED) is 0.841. The summed E-state index contributed by atoms with van der Waals surface area (Å²) in [6, 6.07) is 4.33. The lowest BCUT2D eigenvalue weighted by molar-refractivity contribution is 0.198. The molecule has 112 valence electrons. The molecule has 0 bridgehead atoms. The molecule has 0 amide bonds. The SMILES string of the molecule is CCCN(Cc1cc(O)cc(F)c1)CC1CCNCC1. The number of hydrogen-bond acceptors (Lipinski definition) is 3. The minimum atomic E-state index is -0.363. The van der Waals surface area contributed by atoms with Gasteiger partial charge in [-0.1, -0.05) is 6.92 Å². The Hall–Kier alpha value is -1.13. The van der Waals surface area contributed by atoms with Gasteiger partial charge in [-0.3, -0.25) is 4.90 Å². The molecule has 1 heterocycles. The van der Waals surface area contributed by atoms with Gasteiger partial charge in [0.05, 0.1) is 0 Å². The number of benzene rings is 1. The Labute approximate surface area is 120 Å². The van der Waals surface area contributed by atoms with Gasteiger partial charge in [0.15, 0.2) is 0 Å². The minimum absolute atomic E-state index is 0.0123. The number of rotatable bonds is 6. The van der Waals surface area contributed by atoms with E-state index in [0.717, 1.165) is 50.1 Å². The van der Waals surface area contributed by atoms with Crippen molar-refractivity contribution in [3.05, 3.63) is 29.6 Å². The van der Waals surface area contributed by atoms with Crippen LogP contribution in [0.2, 0.25) is 0 Å². The fourth-order valence-corrected chi connectivity index (χ4v) is 2.96. The first-order valence-electron chi connectivity index (χ1n) is 7.59. The predicted molar refractivity (Wildman–Crippen MR) is 79.2 cm³/mol. The molecule has 20 heavy (non-hydrogen) atoms. The van der Waals surface area contributed by atoms with Crippen LogP contribution in [0, 0.1) is 11.7 Å². The Bertz CT molecular complexity index is 399. The molecule has 1 aliphatic rings. The van der Waals surface area contributed by atoms with Crippen LogP contribution in [-0.4, -0.2) is 36.2 Å².